The van der Waals surface area contributed by atoms with Crippen LogP contribution in [-0.4, -0.2) is 33.3 Å². The van der Waals surface area contributed by atoms with Crippen LogP contribution >= 0.6 is 0 Å². The zero-order chi connectivity index (χ0) is 12.1. The van der Waals surface area contributed by atoms with E-state index in [0.717, 1.165) is 5.82 Å². The van der Waals surface area contributed by atoms with Gasteiger partial charge in [-0.25, -0.2) is 0 Å². The highest BCUT2D eigenvalue weighted by Gasteiger charge is 2.13. The van der Waals surface area contributed by atoms with Crippen LogP contribution in [0.2, 0.25) is 0 Å². The van der Waals surface area contributed by atoms with E-state index < -0.39 is 0 Å². The van der Waals surface area contributed by atoms with Crippen molar-refractivity contribution in [3.05, 3.63) is 12.2 Å². The van der Waals surface area contributed by atoms with Gasteiger partial charge in [-0.3, -0.25) is 4.79 Å². The molecule has 0 bridgehead atoms. The second-order valence-corrected chi connectivity index (χ2v) is 4.12. The Balaban J connectivity index is 2.43. The normalized spacial score (nSPS) is 12.8. The molecular formula is C10H19N5O. The van der Waals surface area contributed by atoms with Gasteiger partial charge in [-0.15, -0.1) is 10.2 Å². The number of hydrogen-bond acceptors (Lipinski definition) is 4. The van der Waals surface area contributed by atoms with Gasteiger partial charge >= 0.3 is 0 Å². The van der Waals surface area contributed by atoms with Crippen molar-refractivity contribution in [2.45, 2.75) is 32.9 Å². The molecule has 6 heteroatoms. The molecule has 16 heavy (non-hydrogen) atoms. The Morgan fingerprint density at radius 1 is 1.50 bits per heavy atom. The van der Waals surface area contributed by atoms with Crippen LogP contribution in [0.4, 0.5) is 0 Å². The van der Waals surface area contributed by atoms with Crippen molar-refractivity contribution >= 4 is 5.91 Å². The molecule has 0 saturated heterocycles. The molecule has 1 aromatic heterocycles. The van der Waals surface area contributed by atoms with E-state index in [-0.39, 0.29) is 11.9 Å². The number of aryl methyl sites for hydroxylation is 1. The molecule has 0 aliphatic carbocycles. The van der Waals surface area contributed by atoms with E-state index in [1.54, 1.807) is 10.9 Å². The Morgan fingerprint density at radius 3 is 2.69 bits per heavy atom. The second kappa shape index (κ2) is 5.60. The van der Waals surface area contributed by atoms with E-state index >= 15 is 0 Å². The number of nitrogens with one attached hydrogen (secondary N) is 2. The first-order valence-corrected chi connectivity index (χ1v) is 5.37. The van der Waals surface area contributed by atoms with Gasteiger partial charge in [0.1, 0.15) is 6.33 Å². The summed E-state index contributed by atoms with van der Waals surface area (Å²) in [5.41, 5.74) is 0. The summed E-state index contributed by atoms with van der Waals surface area (Å²) < 4.78 is 1.79. The van der Waals surface area contributed by atoms with Crippen LogP contribution < -0.4 is 10.6 Å². The number of nitrogens with zero attached hydrogens (tertiary/aromatic N) is 3. The maximum absolute atomic E-state index is 11.5. The predicted octanol–water partition coefficient (Wildman–Crippen LogP) is -0.00970. The SMILES string of the molecule is CC(C)NCC(=O)NC(C)c1nncn1C. The minimum atomic E-state index is -0.131. The van der Waals surface area contributed by atoms with Crippen molar-refractivity contribution in [1.29, 1.82) is 0 Å². The standard InChI is InChI=1S/C10H19N5O/c1-7(2)11-5-9(16)13-8(3)10-14-12-6-15(10)4/h6-8,11H,5H2,1-4H3,(H,13,16). The third-order valence-corrected chi connectivity index (χ3v) is 2.18. The molecule has 1 aromatic rings. The Morgan fingerprint density at radius 2 is 2.19 bits per heavy atom. The number of rotatable bonds is 5. The summed E-state index contributed by atoms with van der Waals surface area (Å²) in [7, 11) is 1.85. The van der Waals surface area contributed by atoms with Crippen molar-refractivity contribution in [3.63, 3.8) is 0 Å². The highest BCUT2D eigenvalue weighted by molar-refractivity contribution is 5.78. The van der Waals surface area contributed by atoms with Gasteiger partial charge in [0, 0.05) is 13.1 Å². The van der Waals surface area contributed by atoms with Gasteiger partial charge in [0.15, 0.2) is 5.82 Å². The summed E-state index contributed by atoms with van der Waals surface area (Å²) in [6, 6.07) is 0.171. The van der Waals surface area contributed by atoms with Crippen LogP contribution in [0.25, 0.3) is 0 Å². The molecule has 0 radical (unpaired) electrons. The number of aromatic nitrogens is 3. The Hall–Kier alpha value is -1.43. The molecule has 0 aliphatic rings. The molecule has 2 N–H and O–H groups in total. The van der Waals surface area contributed by atoms with Crippen LogP contribution in [0.5, 0.6) is 0 Å². The second-order valence-electron chi connectivity index (χ2n) is 4.12. The monoisotopic (exact) mass is 225 g/mol. The van der Waals surface area contributed by atoms with E-state index in [1.807, 2.05) is 27.8 Å². The van der Waals surface area contributed by atoms with Crippen LogP contribution in [-0.2, 0) is 11.8 Å². The van der Waals surface area contributed by atoms with Crippen molar-refractivity contribution in [2.24, 2.45) is 7.05 Å². The van der Waals surface area contributed by atoms with Gasteiger partial charge in [0.05, 0.1) is 12.6 Å². The quantitative estimate of drug-likeness (QED) is 0.739. The first-order valence-electron chi connectivity index (χ1n) is 5.37. The van der Waals surface area contributed by atoms with E-state index in [0.29, 0.717) is 12.6 Å². The van der Waals surface area contributed by atoms with Gasteiger partial charge in [-0.2, -0.15) is 0 Å². The molecular weight excluding hydrogens is 206 g/mol. The molecule has 1 amide bonds. The largest absolute Gasteiger partial charge is 0.345 e. The molecule has 6 nitrogen and oxygen atoms in total. The van der Waals surface area contributed by atoms with Gasteiger partial charge in [-0.05, 0) is 6.92 Å². The highest BCUT2D eigenvalue weighted by atomic mass is 16.2. The molecule has 0 spiro atoms. The predicted molar refractivity (Wildman–Crippen MR) is 60.7 cm³/mol. The first kappa shape index (κ1) is 12.6. The van der Waals surface area contributed by atoms with E-state index in [4.69, 9.17) is 0 Å². The van der Waals surface area contributed by atoms with Crippen LogP contribution in [0.15, 0.2) is 6.33 Å². The lowest BCUT2D eigenvalue weighted by molar-refractivity contribution is -0.121. The summed E-state index contributed by atoms with van der Waals surface area (Å²) in [4.78, 5) is 11.5. The molecule has 90 valence electrons. The van der Waals surface area contributed by atoms with Crippen molar-refractivity contribution < 1.29 is 4.79 Å². The average Bonchev–Trinajstić information content (AvgIpc) is 2.61. The molecule has 1 unspecified atom stereocenters. The lowest BCUT2D eigenvalue weighted by atomic mass is 10.3. The van der Waals surface area contributed by atoms with Gasteiger partial charge in [0.2, 0.25) is 5.91 Å². The van der Waals surface area contributed by atoms with E-state index in [9.17, 15) is 4.79 Å². The van der Waals surface area contributed by atoms with Crippen molar-refractivity contribution in [2.75, 3.05) is 6.54 Å². The molecule has 0 saturated carbocycles. The van der Waals surface area contributed by atoms with Crippen LogP contribution in [0, 0.1) is 0 Å². The lowest BCUT2D eigenvalue weighted by Gasteiger charge is -2.14. The van der Waals surface area contributed by atoms with Gasteiger partial charge in [0.25, 0.3) is 0 Å². The fourth-order valence-electron chi connectivity index (χ4n) is 1.34. The molecule has 1 atom stereocenters. The van der Waals surface area contributed by atoms with Crippen LogP contribution in [0.1, 0.15) is 32.6 Å². The smallest absolute Gasteiger partial charge is 0.234 e. The average molecular weight is 225 g/mol. The van der Waals surface area contributed by atoms with Crippen molar-refractivity contribution in [1.82, 2.24) is 25.4 Å². The summed E-state index contributed by atoms with van der Waals surface area (Å²) in [6.45, 7) is 6.20. The van der Waals surface area contributed by atoms with Crippen molar-refractivity contribution in [3.8, 4) is 0 Å². The third-order valence-electron chi connectivity index (χ3n) is 2.18. The maximum atomic E-state index is 11.5. The number of hydrogen-bond donors (Lipinski definition) is 2. The lowest BCUT2D eigenvalue weighted by Crippen LogP contribution is -2.38. The maximum Gasteiger partial charge on any atom is 0.234 e. The Labute approximate surface area is 95.4 Å². The van der Waals surface area contributed by atoms with Gasteiger partial charge < -0.3 is 15.2 Å². The topological polar surface area (TPSA) is 71.8 Å². The van der Waals surface area contributed by atoms with E-state index in [2.05, 4.69) is 20.8 Å². The Kier molecular flexibility index (Phi) is 4.42. The van der Waals surface area contributed by atoms with E-state index in [1.165, 1.54) is 0 Å². The fourth-order valence-corrected chi connectivity index (χ4v) is 1.34. The number of amides is 1. The highest BCUT2D eigenvalue weighted by Crippen LogP contribution is 2.06. The molecule has 0 aliphatic heterocycles. The molecule has 1 rings (SSSR count). The summed E-state index contributed by atoms with van der Waals surface area (Å²) in [5, 5.41) is 13.6. The van der Waals surface area contributed by atoms with Gasteiger partial charge in [-0.1, -0.05) is 13.8 Å². The molecule has 0 fully saturated rings. The molecule has 0 aromatic carbocycles. The zero-order valence-corrected chi connectivity index (χ0v) is 10.2. The first-order chi connectivity index (χ1) is 7.50. The minimum absolute atomic E-state index is 0.0378. The zero-order valence-electron chi connectivity index (χ0n) is 10.2. The minimum Gasteiger partial charge on any atom is -0.345 e. The number of carbonyl (C=O) groups is 1. The summed E-state index contributed by atoms with van der Waals surface area (Å²) >= 11 is 0. The Bertz CT molecular complexity index is 347. The summed E-state index contributed by atoms with van der Waals surface area (Å²) in [6.07, 6.45) is 1.62. The fraction of sp³-hybridized carbons (Fsp3) is 0.700. The molecule has 1 heterocycles. The third kappa shape index (κ3) is 3.62. The number of carbonyl (C=O) groups excluding carboxylic acids is 1. The van der Waals surface area contributed by atoms with Crippen LogP contribution in [0.3, 0.4) is 0 Å². The summed E-state index contributed by atoms with van der Waals surface area (Å²) in [5.74, 6) is 0.710.